The van der Waals surface area contributed by atoms with E-state index in [9.17, 15) is 0 Å². The van der Waals surface area contributed by atoms with Crippen LogP contribution in [0.4, 0.5) is 0 Å². The van der Waals surface area contributed by atoms with Crippen LogP contribution >= 0.6 is 11.1 Å². The van der Waals surface area contributed by atoms with E-state index in [-0.39, 0.29) is 24.8 Å². The SMILES string of the molecule is C[Si](Cl)=[Ti+2].[Cl-].[Cl-].c1cc[cH-]c1.c1ccc2[cH-]ccc2c1. The fourth-order valence-corrected chi connectivity index (χ4v) is 1.39. The number of hydrogen-bond acceptors (Lipinski definition) is 0. The summed E-state index contributed by atoms with van der Waals surface area (Å²) in [6.07, 6.45) is 0. The summed E-state index contributed by atoms with van der Waals surface area (Å²) in [5, 5.41) is 2.66. The fourth-order valence-electron chi connectivity index (χ4n) is 1.39. The monoisotopic (exact) mass is 376 g/mol. The van der Waals surface area contributed by atoms with Crippen LogP contribution in [0.3, 0.4) is 0 Å². The molecule has 0 spiro atoms. The standard InChI is InChI=1S/C9H7.C5H5.CH3ClSi.2ClH.Ti/c1-2-5-9-7-3-6-8(9)4-1;1-2-4-5-3-1;1-3-2;;;/h1-7H;1-5H;1H3;2*1H;/q2*-1;;;;+2/p-2. The van der Waals surface area contributed by atoms with Gasteiger partial charge in [-0.25, -0.2) is 12.1 Å². The molecule has 3 aromatic rings. The van der Waals surface area contributed by atoms with Crippen LogP contribution in [0.25, 0.3) is 10.8 Å². The molecule has 3 rings (SSSR count). The second-order valence-corrected chi connectivity index (χ2v) is 11.4. The summed E-state index contributed by atoms with van der Waals surface area (Å²) in [6, 6.07) is 24.7. The summed E-state index contributed by atoms with van der Waals surface area (Å²) in [5.41, 5.74) is -0.407. The molecule has 0 radical (unpaired) electrons. The Morgan fingerprint density at radius 1 is 0.950 bits per heavy atom. The maximum absolute atomic E-state index is 5.38. The van der Waals surface area contributed by atoms with Gasteiger partial charge in [-0.2, -0.15) is 35.7 Å². The molecule has 0 nitrogen and oxygen atoms in total. The Bertz CT molecular complexity index is 510. The molecule has 0 atom stereocenters. The zero-order valence-electron chi connectivity index (χ0n) is 11.1. The van der Waals surface area contributed by atoms with E-state index in [0.29, 0.717) is 0 Å². The van der Waals surface area contributed by atoms with Gasteiger partial charge in [0.05, 0.1) is 0 Å². The second kappa shape index (κ2) is 13.9. The quantitative estimate of drug-likeness (QED) is 0.264. The molecule has 5 heteroatoms. The number of fused-ring (bicyclic) bond motifs is 1. The summed E-state index contributed by atoms with van der Waals surface area (Å²) < 4.78 is 0. The van der Waals surface area contributed by atoms with Gasteiger partial charge in [0.2, 0.25) is 0 Å². The fraction of sp³-hybridized carbons (Fsp3) is 0.0667. The Labute approximate surface area is 150 Å². The van der Waals surface area contributed by atoms with Gasteiger partial charge in [0.1, 0.15) is 0 Å². The van der Waals surface area contributed by atoms with E-state index in [1.54, 1.807) is 0 Å². The Balaban J connectivity index is 0. The predicted molar refractivity (Wildman–Crippen MR) is 79.0 cm³/mol. The molecule has 106 valence electrons. The van der Waals surface area contributed by atoms with Gasteiger partial charge < -0.3 is 24.8 Å². The van der Waals surface area contributed by atoms with Gasteiger partial charge in [0, 0.05) is 0 Å². The molecule has 0 saturated heterocycles. The maximum atomic E-state index is 5.38. The van der Waals surface area contributed by atoms with Crippen molar-refractivity contribution in [1.29, 1.82) is 0 Å². The zero-order chi connectivity index (χ0) is 13.2. The van der Waals surface area contributed by atoms with Crippen LogP contribution in [0.5, 0.6) is 0 Å². The van der Waals surface area contributed by atoms with Crippen LogP contribution in [0.1, 0.15) is 0 Å². The largest absolute Gasteiger partial charge is 1.00 e. The van der Waals surface area contributed by atoms with Crippen LogP contribution in [0, 0.1) is 0 Å². The normalized spacial score (nSPS) is 8.00. The Kier molecular flexibility index (Phi) is 15.5. The minimum absolute atomic E-state index is 0. The maximum Gasteiger partial charge on any atom is -0.0809 e. The van der Waals surface area contributed by atoms with Crippen molar-refractivity contribution in [2.45, 2.75) is 6.55 Å². The van der Waals surface area contributed by atoms with Crippen molar-refractivity contribution in [1.82, 2.24) is 0 Å². The minimum Gasteiger partial charge on any atom is -1.00 e. The van der Waals surface area contributed by atoms with Crippen molar-refractivity contribution in [3.63, 3.8) is 0 Å². The summed E-state index contributed by atoms with van der Waals surface area (Å²) in [5.74, 6) is 0. The molecular weight excluding hydrogens is 362 g/mol. The number of hydrogen-bond donors (Lipinski definition) is 0. The van der Waals surface area contributed by atoms with Crippen molar-refractivity contribution in [2.75, 3.05) is 0 Å². The first-order chi connectivity index (χ1) is 8.70. The van der Waals surface area contributed by atoms with Crippen molar-refractivity contribution >= 4 is 27.3 Å². The van der Waals surface area contributed by atoms with Gasteiger partial charge in [0.15, 0.2) is 0 Å². The van der Waals surface area contributed by atoms with Crippen LogP contribution in [0.2, 0.25) is 6.55 Å². The number of rotatable bonds is 0. The number of benzene rings is 1. The zero-order valence-corrected chi connectivity index (χ0v) is 15.9. The predicted octanol–water partition coefficient (Wildman–Crippen LogP) is -1.14. The van der Waals surface area contributed by atoms with Crippen molar-refractivity contribution in [2.24, 2.45) is 0 Å². The third-order valence-corrected chi connectivity index (χ3v) is 2.10. The summed E-state index contributed by atoms with van der Waals surface area (Å²) >= 11 is 7.41. The minimum atomic E-state index is -0.407. The molecular formula is C15H15Cl3SiTi-2. The van der Waals surface area contributed by atoms with Crippen LogP contribution in [0.15, 0.2) is 72.8 Å². The van der Waals surface area contributed by atoms with Gasteiger partial charge in [-0.1, -0.05) is 6.07 Å². The molecule has 0 amide bonds. The average molecular weight is 378 g/mol. The van der Waals surface area contributed by atoms with E-state index >= 15 is 0 Å². The molecule has 0 aromatic heterocycles. The smallest absolute Gasteiger partial charge is 0.0809 e. The van der Waals surface area contributed by atoms with Gasteiger partial charge in [-0.05, 0) is 0 Å². The van der Waals surface area contributed by atoms with Gasteiger partial charge in [-0.3, -0.25) is 0 Å². The molecule has 0 aliphatic carbocycles. The van der Waals surface area contributed by atoms with Crippen LogP contribution in [-0.4, -0.2) is 5.50 Å². The Morgan fingerprint density at radius 2 is 1.50 bits per heavy atom. The molecule has 0 fully saturated rings. The molecule has 0 aliphatic heterocycles. The van der Waals surface area contributed by atoms with E-state index < -0.39 is 5.50 Å². The van der Waals surface area contributed by atoms with E-state index in [0.717, 1.165) is 0 Å². The molecule has 20 heavy (non-hydrogen) atoms. The van der Waals surface area contributed by atoms with Crippen molar-refractivity contribution in [3.8, 4) is 0 Å². The van der Waals surface area contributed by atoms with E-state index in [1.165, 1.54) is 10.8 Å². The van der Waals surface area contributed by atoms with E-state index in [2.05, 4.69) is 42.5 Å². The van der Waals surface area contributed by atoms with Crippen LogP contribution in [-0.2, 0) is 19.2 Å². The van der Waals surface area contributed by atoms with E-state index in [1.807, 2.05) is 56.1 Å². The molecule has 3 aromatic carbocycles. The summed E-state index contributed by atoms with van der Waals surface area (Å²) in [6.45, 7) is 2.03. The molecule has 0 unspecified atom stereocenters. The molecule has 0 bridgehead atoms. The Hall–Kier alpha value is -0.0188. The van der Waals surface area contributed by atoms with Gasteiger partial charge in [-0.15, -0.1) is 29.7 Å². The molecule has 0 N–H and O–H groups in total. The average Bonchev–Trinajstić information content (AvgIpc) is 3.03. The molecule has 0 saturated carbocycles. The second-order valence-electron chi connectivity index (χ2n) is 3.65. The van der Waals surface area contributed by atoms with Gasteiger partial charge in [0.25, 0.3) is 0 Å². The first-order valence-corrected chi connectivity index (χ1v) is 11.0. The van der Waals surface area contributed by atoms with Crippen LogP contribution < -0.4 is 24.8 Å². The third-order valence-electron chi connectivity index (χ3n) is 2.10. The topological polar surface area (TPSA) is 0 Å². The van der Waals surface area contributed by atoms with Gasteiger partial charge >= 0.3 is 42.3 Å². The Morgan fingerprint density at radius 3 is 1.95 bits per heavy atom. The molecule has 0 aliphatic rings. The number of halogens is 3. The molecule has 0 heterocycles. The summed E-state index contributed by atoms with van der Waals surface area (Å²) in [7, 11) is 0. The van der Waals surface area contributed by atoms with E-state index in [4.69, 9.17) is 11.1 Å². The first-order valence-electron chi connectivity index (χ1n) is 5.68. The van der Waals surface area contributed by atoms with Crippen molar-refractivity contribution < 1.29 is 44.0 Å². The summed E-state index contributed by atoms with van der Waals surface area (Å²) in [4.78, 5) is 0. The third kappa shape index (κ3) is 10.7. The van der Waals surface area contributed by atoms with Crippen molar-refractivity contribution in [3.05, 3.63) is 72.8 Å². The first kappa shape index (κ1) is 22.3.